The number of thiophene rings is 2. The van der Waals surface area contributed by atoms with Crippen LogP contribution in [-0.4, -0.2) is 0 Å². The molecule has 0 aliphatic heterocycles. The summed E-state index contributed by atoms with van der Waals surface area (Å²) in [5, 5.41) is 10.3. The van der Waals surface area contributed by atoms with Gasteiger partial charge < -0.3 is 4.90 Å². The topological polar surface area (TPSA) is 3.24 Å². The molecular formula is C56H35NS2. The molecule has 1 nitrogen and oxygen atoms in total. The smallest absolute Gasteiger partial charge is 0.0640 e. The van der Waals surface area contributed by atoms with Gasteiger partial charge in [0, 0.05) is 47.0 Å². The van der Waals surface area contributed by atoms with Crippen LogP contribution in [0.2, 0.25) is 0 Å². The molecule has 0 saturated carbocycles. The first-order valence-electron chi connectivity index (χ1n) is 20.1. The summed E-state index contributed by atoms with van der Waals surface area (Å²) in [7, 11) is 0. The molecule has 0 N–H and O–H groups in total. The van der Waals surface area contributed by atoms with Gasteiger partial charge in [-0.15, -0.1) is 22.7 Å². The summed E-state index contributed by atoms with van der Waals surface area (Å²) in [5.41, 5.74) is 10.7. The van der Waals surface area contributed by atoms with E-state index in [9.17, 15) is 0 Å². The summed E-state index contributed by atoms with van der Waals surface area (Å²) in [6, 6.07) is 78.3. The van der Waals surface area contributed by atoms with E-state index in [1.807, 2.05) is 22.7 Å². The minimum atomic E-state index is 1.11. The fourth-order valence-electron chi connectivity index (χ4n) is 9.13. The normalized spacial score (nSPS) is 11.7. The van der Waals surface area contributed by atoms with E-state index in [0.717, 1.165) is 11.4 Å². The third-order valence-corrected chi connectivity index (χ3v) is 14.2. The summed E-state index contributed by atoms with van der Waals surface area (Å²) < 4.78 is 5.19. The lowest BCUT2D eigenvalue weighted by Crippen LogP contribution is -2.10. The van der Waals surface area contributed by atoms with Gasteiger partial charge in [-0.2, -0.15) is 0 Å². The van der Waals surface area contributed by atoms with Crippen molar-refractivity contribution >= 4 is 102 Å². The fourth-order valence-corrected chi connectivity index (χ4v) is 11.5. The maximum absolute atomic E-state index is 2.49. The zero-order valence-corrected chi connectivity index (χ0v) is 33.6. The van der Waals surface area contributed by atoms with Gasteiger partial charge in [-0.1, -0.05) is 152 Å². The molecule has 0 amide bonds. The van der Waals surface area contributed by atoms with Crippen molar-refractivity contribution in [3.05, 3.63) is 212 Å². The van der Waals surface area contributed by atoms with E-state index in [-0.39, 0.29) is 0 Å². The van der Waals surface area contributed by atoms with Crippen LogP contribution in [0.15, 0.2) is 212 Å². The Morgan fingerprint density at radius 1 is 0.305 bits per heavy atom. The molecule has 3 heteroatoms. The SMILES string of the molecule is c1ccc(-c2cc(-c3cccc4sc5ccccc5c34)cc(N(c3ccc(-c4cc5ccccc5c5ccccc45)cc3)c3cccc4c3sc3ccccc34)c2)cc1. The maximum atomic E-state index is 2.49. The van der Waals surface area contributed by atoms with Gasteiger partial charge in [0.25, 0.3) is 0 Å². The lowest BCUT2D eigenvalue weighted by atomic mass is 9.93. The highest BCUT2D eigenvalue weighted by Gasteiger charge is 2.21. The van der Waals surface area contributed by atoms with Gasteiger partial charge in [0.15, 0.2) is 0 Å². The lowest BCUT2D eigenvalue weighted by molar-refractivity contribution is 1.30. The monoisotopic (exact) mass is 785 g/mol. The third kappa shape index (κ3) is 5.66. The number of anilines is 3. The predicted octanol–water partition coefficient (Wildman–Crippen LogP) is 17.2. The molecule has 0 aliphatic carbocycles. The van der Waals surface area contributed by atoms with Gasteiger partial charge in [-0.05, 0) is 116 Å². The first kappa shape index (κ1) is 34.0. The molecule has 12 rings (SSSR count). The van der Waals surface area contributed by atoms with Gasteiger partial charge >= 0.3 is 0 Å². The van der Waals surface area contributed by atoms with Crippen LogP contribution in [0.5, 0.6) is 0 Å². The summed E-state index contributed by atoms with van der Waals surface area (Å²) in [6.07, 6.45) is 0. The molecule has 0 fully saturated rings. The summed E-state index contributed by atoms with van der Waals surface area (Å²) in [5.74, 6) is 0. The molecule has 0 radical (unpaired) electrons. The number of hydrogen-bond acceptors (Lipinski definition) is 3. The second-order valence-corrected chi connectivity index (χ2v) is 17.4. The first-order chi connectivity index (χ1) is 29.2. The Balaban J connectivity index is 1.11. The predicted molar refractivity (Wildman–Crippen MR) is 258 cm³/mol. The van der Waals surface area contributed by atoms with Crippen molar-refractivity contribution in [3.8, 4) is 33.4 Å². The van der Waals surface area contributed by atoms with Crippen LogP contribution >= 0.6 is 22.7 Å². The van der Waals surface area contributed by atoms with Gasteiger partial charge in [-0.3, -0.25) is 0 Å². The van der Waals surface area contributed by atoms with Crippen LogP contribution in [0.1, 0.15) is 0 Å². The number of nitrogens with zero attached hydrogens (tertiary/aromatic N) is 1. The molecule has 0 unspecified atom stereocenters. The average Bonchev–Trinajstić information content (AvgIpc) is 3.89. The van der Waals surface area contributed by atoms with Crippen molar-refractivity contribution in [1.82, 2.24) is 0 Å². The third-order valence-electron chi connectivity index (χ3n) is 11.8. The van der Waals surface area contributed by atoms with E-state index in [1.165, 1.54) is 101 Å². The zero-order valence-electron chi connectivity index (χ0n) is 32.0. The summed E-state index contributed by atoms with van der Waals surface area (Å²) in [6.45, 7) is 0. The fraction of sp³-hybridized carbons (Fsp3) is 0. The van der Waals surface area contributed by atoms with Crippen LogP contribution < -0.4 is 4.90 Å². The van der Waals surface area contributed by atoms with Crippen LogP contribution in [0, 0.1) is 0 Å². The van der Waals surface area contributed by atoms with Crippen molar-refractivity contribution in [2.24, 2.45) is 0 Å². The standard InChI is InChI=1S/C56H35NS2/c1-2-14-36(15-3-1)39-32-40(44-22-13-27-54-55(44)49-21-9-11-26-53(49)58-54)34-42(33-39)57(51-24-12-23-48-47-20-8-10-25-52(47)59-56(48)51)41-30-28-37(29-31-41)50-35-38-16-4-5-17-43(38)45-18-6-7-19-46(45)50/h1-35H. The minimum absolute atomic E-state index is 1.11. The zero-order chi connectivity index (χ0) is 38.9. The highest BCUT2D eigenvalue weighted by molar-refractivity contribution is 7.26. The van der Waals surface area contributed by atoms with E-state index in [0.29, 0.717) is 0 Å². The first-order valence-corrected chi connectivity index (χ1v) is 21.7. The van der Waals surface area contributed by atoms with Gasteiger partial charge in [0.1, 0.15) is 0 Å². The average molecular weight is 786 g/mol. The molecule has 2 aromatic heterocycles. The van der Waals surface area contributed by atoms with Gasteiger partial charge in [0.05, 0.1) is 10.4 Å². The molecule has 0 bridgehead atoms. The van der Waals surface area contributed by atoms with Crippen molar-refractivity contribution in [1.29, 1.82) is 0 Å². The molecule has 0 aliphatic rings. The van der Waals surface area contributed by atoms with Gasteiger partial charge in [-0.25, -0.2) is 0 Å². The molecular weight excluding hydrogens is 751 g/mol. The van der Waals surface area contributed by atoms with Gasteiger partial charge in [0.2, 0.25) is 0 Å². The van der Waals surface area contributed by atoms with Crippen molar-refractivity contribution in [2.75, 3.05) is 4.90 Å². The molecule has 2 heterocycles. The van der Waals surface area contributed by atoms with E-state index in [4.69, 9.17) is 0 Å². The molecule has 0 atom stereocenters. The number of hydrogen-bond donors (Lipinski definition) is 0. The number of rotatable bonds is 6. The number of fused-ring (bicyclic) bond motifs is 9. The Kier molecular flexibility index (Phi) is 7.97. The Labute approximate surface area is 350 Å². The second-order valence-electron chi connectivity index (χ2n) is 15.2. The maximum Gasteiger partial charge on any atom is 0.0640 e. The van der Waals surface area contributed by atoms with Crippen molar-refractivity contribution < 1.29 is 0 Å². The van der Waals surface area contributed by atoms with Crippen LogP contribution in [0.3, 0.4) is 0 Å². The van der Waals surface area contributed by atoms with Crippen LogP contribution in [0.25, 0.3) is 95.3 Å². The minimum Gasteiger partial charge on any atom is -0.309 e. The van der Waals surface area contributed by atoms with E-state index in [2.05, 4.69) is 217 Å². The highest BCUT2D eigenvalue weighted by atomic mass is 32.1. The molecule has 10 aromatic carbocycles. The van der Waals surface area contributed by atoms with Crippen LogP contribution in [0.4, 0.5) is 17.1 Å². The van der Waals surface area contributed by atoms with E-state index >= 15 is 0 Å². The quantitative estimate of drug-likeness (QED) is 0.152. The Morgan fingerprint density at radius 2 is 0.932 bits per heavy atom. The largest absolute Gasteiger partial charge is 0.309 e. The Bertz CT molecular complexity index is 3560. The molecule has 59 heavy (non-hydrogen) atoms. The van der Waals surface area contributed by atoms with Crippen LogP contribution in [-0.2, 0) is 0 Å². The molecule has 0 saturated heterocycles. The number of benzene rings is 10. The lowest BCUT2D eigenvalue weighted by Gasteiger charge is -2.28. The molecule has 0 spiro atoms. The summed E-state index contributed by atoms with van der Waals surface area (Å²) in [4.78, 5) is 2.49. The molecule has 276 valence electrons. The Morgan fingerprint density at radius 3 is 1.76 bits per heavy atom. The van der Waals surface area contributed by atoms with E-state index in [1.54, 1.807) is 0 Å². The van der Waals surface area contributed by atoms with E-state index < -0.39 is 0 Å². The Hall–Kier alpha value is -7.04. The summed E-state index contributed by atoms with van der Waals surface area (Å²) >= 11 is 3.74. The second kappa shape index (κ2) is 13.8. The van der Waals surface area contributed by atoms with Crippen molar-refractivity contribution in [2.45, 2.75) is 0 Å². The highest BCUT2D eigenvalue weighted by Crippen LogP contribution is 2.48. The molecule has 12 aromatic rings. The van der Waals surface area contributed by atoms with Crippen molar-refractivity contribution in [3.63, 3.8) is 0 Å².